The summed E-state index contributed by atoms with van der Waals surface area (Å²) >= 11 is 0. The van der Waals surface area contributed by atoms with Crippen molar-refractivity contribution in [3.8, 4) is 12.3 Å². The van der Waals surface area contributed by atoms with E-state index < -0.39 is 0 Å². The van der Waals surface area contributed by atoms with Crippen LogP contribution in [0.2, 0.25) is 0 Å². The lowest BCUT2D eigenvalue weighted by Gasteiger charge is -2.13. The Kier molecular flexibility index (Phi) is 7.54. The van der Waals surface area contributed by atoms with Crippen LogP contribution in [-0.2, 0) is 4.79 Å². The molecule has 1 aliphatic carbocycles. The van der Waals surface area contributed by atoms with Gasteiger partial charge in [-0.2, -0.15) is 0 Å². The van der Waals surface area contributed by atoms with Crippen LogP contribution >= 0.6 is 0 Å². The van der Waals surface area contributed by atoms with E-state index in [1.807, 2.05) is 0 Å². The second kappa shape index (κ2) is 9.10. The molecule has 0 bridgehead atoms. The number of hydrogen-bond acceptors (Lipinski definition) is 1. The highest BCUT2D eigenvalue weighted by Crippen LogP contribution is 2.25. The summed E-state index contributed by atoms with van der Waals surface area (Å²) in [6.07, 6.45) is 16.5. The van der Waals surface area contributed by atoms with Gasteiger partial charge in [-0.1, -0.05) is 25.7 Å². The molecule has 1 rings (SSSR count). The number of rotatable bonds is 6. The van der Waals surface area contributed by atoms with Gasteiger partial charge >= 0.3 is 0 Å². The molecule has 2 nitrogen and oxygen atoms in total. The average Bonchev–Trinajstić information content (AvgIpc) is 2.57. The van der Waals surface area contributed by atoms with Crippen LogP contribution in [0.15, 0.2) is 0 Å². The Bertz CT molecular complexity index is 246. The maximum Gasteiger partial charge on any atom is 0.220 e. The molecule has 0 atom stereocenters. The molecule has 0 radical (unpaired) electrons. The van der Waals surface area contributed by atoms with Gasteiger partial charge in [0.1, 0.15) is 0 Å². The first-order chi connectivity index (χ1) is 8.33. The van der Waals surface area contributed by atoms with Crippen LogP contribution in [0.5, 0.6) is 0 Å². The quantitative estimate of drug-likeness (QED) is 0.427. The number of nitrogens with one attached hydrogen (secondary N) is 1. The van der Waals surface area contributed by atoms with Gasteiger partial charge in [0.25, 0.3) is 0 Å². The minimum atomic E-state index is 0.234. The van der Waals surface area contributed by atoms with E-state index in [0.29, 0.717) is 5.92 Å². The molecule has 96 valence electrons. The molecule has 1 fully saturated rings. The zero-order valence-electron chi connectivity index (χ0n) is 10.8. The maximum atomic E-state index is 11.7. The number of carbonyl (C=O) groups excluding carboxylic acids is 1. The standard InChI is InChI=1S/C15H25NO/c1-2-3-4-9-12-16-15(17)13-14-10-7-5-6-8-11-14/h1,14H,3-13H2,(H,16,17). The molecule has 17 heavy (non-hydrogen) atoms. The van der Waals surface area contributed by atoms with Gasteiger partial charge in [-0.05, 0) is 31.6 Å². The molecule has 1 saturated carbocycles. The summed E-state index contributed by atoms with van der Waals surface area (Å²) in [6, 6.07) is 0. The molecule has 0 aromatic heterocycles. The zero-order valence-corrected chi connectivity index (χ0v) is 10.8. The van der Waals surface area contributed by atoms with Crippen LogP contribution in [0.1, 0.15) is 64.2 Å². The average molecular weight is 235 g/mol. The summed E-state index contributed by atoms with van der Waals surface area (Å²) in [4.78, 5) is 11.7. The Balaban J connectivity index is 2.05. The van der Waals surface area contributed by atoms with Crippen molar-refractivity contribution in [2.75, 3.05) is 6.54 Å². The van der Waals surface area contributed by atoms with Gasteiger partial charge in [0.15, 0.2) is 0 Å². The van der Waals surface area contributed by atoms with E-state index in [4.69, 9.17) is 6.42 Å². The molecule has 0 unspecified atom stereocenters. The molecule has 0 saturated heterocycles. The van der Waals surface area contributed by atoms with Crippen molar-refractivity contribution in [3.05, 3.63) is 0 Å². The van der Waals surface area contributed by atoms with Gasteiger partial charge in [0, 0.05) is 19.4 Å². The monoisotopic (exact) mass is 235 g/mol. The summed E-state index contributed by atoms with van der Waals surface area (Å²) in [5.74, 6) is 3.48. The molecule has 0 spiro atoms. The third-order valence-corrected chi connectivity index (χ3v) is 3.52. The minimum Gasteiger partial charge on any atom is -0.356 e. The Morgan fingerprint density at radius 1 is 1.18 bits per heavy atom. The van der Waals surface area contributed by atoms with Gasteiger partial charge < -0.3 is 5.32 Å². The van der Waals surface area contributed by atoms with Crippen molar-refractivity contribution in [3.63, 3.8) is 0 Å². The predicted molar refractivity (Wildman–Crippen MR) is 71.5 cm³/mol. The van der Waals surface area contributed by atoms with Crippen molar-refractivity contribution < 1.29 is 4.79 Å². The van der Waals surface area contributed by atoms with Crippen molar-refractivity contribution in [2.45, 2.75) is 64.2 Å². The number of carbonyl (C=O) groups is 1. The molecule has 0 aromatic carbocycles. The Morgan fingerprint density at radius 2 is 1.88 bits per heavy atom. The van der Waals surface area contributed by atoms with Gasteiger partial charge in [-0.3, -0.25) is 4.79 Å². The third-order valence-electron chi connectivity index (χ3n) is 3.52. The lowest BCUT2D eigenvalue weighted by Crippen LogP contribution is -2.26. The number of unbranched alkanes of at least 4 members (excludes halogenated alkanes) is 2. The summed E-state index contributed by atoms with van der Waals surface area (Å²) in [5.41, 5.74) is 0. The molecule has 1 N–H and O–H groups in total. The summed E-state index contributed by atoms with van der Waals surface area (Å²) in [6.45, 7) is 0.785. The van der Waals surface area contributed by atoms with E-state index in [1.165, 1.54) is 38.5 Å². The van der Waals surface area contributed by atoms with Gasteiger partial charge in [0.2, 0.25) is 5.91 Å². The molecule has 2 heteroatoms. The highest BCUT2D eigenvalue weighted by Gasteiger charge is 2.15. The van der Waals surface area contributed by atoms with Crippen LogP contribution in [0, 0.1) is 18.3 Å². The second-order valence-corrected chi connectivity index (χ2v) is 5.07. The van der Waals surface area contributed by atoms with E-state index in [9.17, 15) is 4.79 Å². The first kappa shape index (κ1) is 14.1. The third kappa shape index (κ3) is 7.05. The lowest BCUT2D eigenvalue weighted by molar-refractivity contribution is -0.122. The summed E-state index contributed by atoms with van der Waals surface area (Å²) in [5, 5.41) is 3.00. The Labute approximate surface area is 106 Å². The number of terminal acetylenes is 1. The number of amides is 1. The summed E-state index contributed by atoms with van der Waals surface area (Å²) in [7, 11) is 0. The first-order valence-electron chi connectivity index (χ1n) is 7.03. The van der Waals surface area contributed by atoms with Crippen LogP contribution in [0.3, 0.4) is 0 Å². The SMILES string of the molecule is C#CCCCCNC(=O)CC1CCCCCC1. The Morgan fingerprint density at radius 3 is 2.53 bits per heavy atom. The van der Waals surface area contributed by atoms with Crippen molar-refractivity contribution in [1.29, 1.82) is 0 Å². The van der Waals surface area contributed by atoms with Crippen LogP contribution in [0.25, 0.3) is 0 Å². The maximum absolute atomic E-state index is 11.7. The molecule has 0 aromatic rings. The normalized spacial score (nSPS) is 17.1. The number of hydrogen-bond donors (Lipinski definition) is 1. The summed E-state index contributed by atoms with van der Waals surface area (Å²) < 4.78 is 0. The van der Waals surface area contributed by atoms with Crippen LogP contribution in [-0.4, -0.2) is 12.5 Å². The molecule has 0 heterocycles. The minimum absolute atomic E-state index is 0.234. The zero-order chi connectivity index (χ0) is 12.3. The smallest absolute Gasteiger partial charge is 0.220 e. The van der Waals surface area contributed by atoms with Crippen LogP contribution in [0.4, 0.5) is 0 Å². The highest BCUT2D eigenvalue weighted by molar-refractivity contribution is 5.76. The Hall–Kier alpha value is -0.970. The van der Waals surface area contributed by atoms with Crippen molar-refractivity contribution in [1.82, 2.24) is 5.32 Å². The predicted octanol–water partition coefficient (Wildman–Crippen LogP) is 3.27. The fourth-order valence-electron chi connectivity index (χ4n) is 2.48. The van der Waals surface area contributed by atoms with Crippen molar-refractivity contribution in [2.24, 2.45) is 5.92 Å². The molecular formula is C15H25NO. The molecule has 0 aliphatic heterocycles. The van der Waals surface area contributed by atoms with E-state index in [2.05, 4.69) is 11.2 Å². The van der Waals surface area contributed by atoms with Gasteiger partial charge in [-0.15, -0.1) is 12.3 Å². The molecule has 1 aliphatic rings. The van der Waals surface area contributed by atoms with E-state index >= 15 is 0 Å². The largest absolute Gasteiger partial charge is 0.356 e. The molecule has 1 amide bonds. The lowest BCUT2D eigenvalue weighted by atomic mass is 9.96. The topological polar surface area (TPSA) is 29.1 Å². The fraction of sp³-hybridized carbons (Fsp3) is 0.800. The van der Waals surface area contributed by atoms with Gasteiger partial charge in [-0.25, -0.2) is 0 Å². The second-order valence-electron chi connectivity index (χ2n) is 5.07. The fourth-order valence-corrected chi connectivity index (χ4v) is 2.48. The van der Waals surface area contributed by atoms with E-state index in [-0.39, 0.29) is 5.91 Å². The first-order valence-corrected chi connectivity index (χ1v) is 7.03. The van der Waals surface area contributed by atoms with E-state index in [0.717, 1.165) is 32.2 Å². The van der Waals surface area contributed by atoms with E-state index in [1.54, 1.807) is 0 Å². The highest BCUT2D eigenvalue weighted by atomic mass is 16.1. The van der Waals surface area contributed by atoms with Crippen molar-refractivity contribution >= 4 is 5.91 Å². The van der Waals surface area contributed by atoms with Gasteiger partial charge in [0.05, 0.1) is 0 Å². The molecular weight excluding hydrogens is 210 g/mol. The van der Waals surface area contributed by atoms with Crippen LogP contribution < -0.4 is 5.32 Å².